The second kappa shape index (κ2) is 9.21. The van der Waals surface area contributed by atoms with Gasteiger partial charge in [-0.05, 0) is 56.2 Å². The Morgan fingerprint density at radius 2 is 2.04 bits per heavy atom. The number of aromatic nitrogens is 2. The van der Waals surface area contributed by atoms with Crippen LogP contribution in [0.15, 0.2) is 30.5 Å². The van der Waals surface area contributed by atoms with E-state index in [1.165, 1.54) is 44.5 Å². The van der Waals surface area contributed by atoms with Crippen LogP contribution in [0.4, 0.5) is 0 Å². The fourth-order valence-corrected chi connectivity index (χ4v) is 4.99. The maximum absolute atomic E-state index is 5.36. The predicted molar refractivity (Wildman–Crippen MR) is 112 cm³/mol. The van der Waals surface area contributed by atoms with Gasteiger partial charge in [-0.25, -0.2) is 4.98 Å². The summed E-state index contributed by atoms with van der Waals surface area (Å²) in [5.41, 5.74) is 4.32. The lowest BCUT2D eigenvalue weighted by Crippen LogP contribution is -2.46. The molecule has 1 aliphatic carbocycles. The molecule has 2 aromatic rings. The van der Waals surface area contributed by atoms with E-state index in [2.05, 4.69) is 44.0 Å². The van der Waals surface area contributed by atoms with E-state index >= 15 is 0 Å². The highest BCUT2D eigenvalue weighted by Crippen LogP contribution is 2.29. The van der Waals surface area contributed by atoms with Gasteiger partial charge in [-0.3, -0.25) is 9.80 Å². The summed E-state index contributed by atoms with van der Waals surface area (Å²) in [7, 11) is 1.79. The van der Waals surface area contributed by atoms with Gasteiger partial charge in [-0.2, -0.15) is 0 Å². The molecule has 0 spiro atoms. The molecule has 2 aliphatic rings. The van der Waals surface area contributed by atoms with Gasteiger partial charge in [0.25, 0.3) is 0 Å². The van der Waals surface area contributed by atoms with Gasteiger partial charge in [0.05, 0.1) is 6.61 Å². The Kier molecular flexibility index (Phi) is 6.45. The lowest BCUT2D eigenvalue weighted by molar-refractivity contribution is 0.0839. The lowest BCUT2D eigenvalue weighted by Gasteiger charge is -2.38. The van der Waals surface area contributed by atoms with Crippen molar-refractivity contribution in [2.45, 2.75) is 45.2 Å². The molecule has 152 valence electrons. The number of ether oxygens (including phenoxy) is 1. The molecule has 4 rings (SSSR count). The molecule has 0 saturated carbocycles. The molecule has 0 bridgehead atoms. The normalized spacial score (nSPS) is 20.8. The van der Waals surface area contributed by atoms with Crippen molar-refractivity contribution in [3.05, 3.63) is 53.1 Å². The quantitative estimate of drug-likeness (QED) is 0.762. The molecule has 1 aromatic carbocycles. The smallest absolute Gasteiger partial charge is 0.103 e. The molecule has 1 aromatic heterocycles. The van der Waals surface area contributed by atoms with Crippen LogP contribution in [0.2, 0.25) is 0 Å². The summed E-state index contributed by atoms with van der Waals surface area (Å²) in [6.07, 6.45) is 7.08. The Balaban J connectivity index is 1.34. The minimum Gasteiger partial charge on any atom is -0.383 e. The molecule has 5 nitrogen and oxygen atoms in total. The first-order chi connectivity index (χ1) is 13.7. The molecule has 1 atom stereocenters. The molecule has 2 heterocycles. The van der Waals surface area contributed by atoms with Crippen molar-refractivity contribution in [1.29, 1.82) is 0 Å². The van der Waals surface area contributed by atoms with E-state index in [0.717, 1.165) is 38.0 Å². The number of hydrogen-bond donors (Lipinski definition) is 1. The third-order valence-corrected chi connectivity index (χ3v) is 6.37. The zero-order valence-electron chi connectivity index (χ0n) is 17.4. The van der Waals surface area contributed by atoms with Gasteiger partial charge in [0.1, 0.15) is 5.82 Å². The van der Waals surface area contributed by atoms with E-state index in [-0.39, 0.29) is 0 Å². The monoisotopic (exact) mass is 382 g/mol. The molecule has 1 saturated heterocycles. The lowest BCUT2D eigenvalue weighted by atomic mass is 9.95. The van der Waals surface area contributed by atoms with Crippen molar-refractivity contribution in [3.8, 4) is 0 Å². The third kappa shape index (κ3) is 4.83. The van der Waals surface area contributed by atoms with Crippen molar-refractivity contribution in [2.75, 3.05) is 39.9 Å². The van der Waals surface area contributed by atoms with E-state index < -0.39 is 0 Å². The molecular weight excluding hydrogens is 348 g/mol. The number of piperidine rings is 1. The number of methoxy groups -OCH3 is 1. The Hall–Kier alpha value is -1.69. The number of imidazole rings is 1. The minimum absolute atomic E-state index is 0.697. The molecule has 0 amide bonds. The summed E-state index contributed by atoms with van der Waals surface area (Å²) >= 11 is 0. The summed E-state index contributed by atoms with van der Waals surface area (Å²) in [6, 6.07) is 9.70. The average molecular weight is 383 g/mol. The van der Waals surface area contributed by atoms with Gasteiger partial charge in [-0.15, -0.1) is 0 Å². The van der Waals surface area contributed by atoms with Crippen LogP contribution in [-0.2, 0) is 24.1 Å². The topological polar surface area (TPSA) is 44.4 Å². The number of benzene rings is 1. The summed E-state index contributed by atoms with van der Waals surface area (Å²) in [4.78, 5) is 13.0. The number of hydrogen-bond acceptors (Lipinski definition) is 4. The first-order valence-corrected chi connectivity index (χ1v) is 10.7. The zero-order chi connectivity index (χ0) is 19.3. The van der Waals surface area contributed by atoms with Crippen LogP contribution < -0.4 is 0 Å². The van der Waals surface area contributed by atoms with Gasteiger partial charge in [0, 0.05) is 51.2 Å². The predicted octanol–water partition coefficient (Wildman–Crippen LogP) is 3.05. The second-order valence-electron chi connectivity index (χ2n) is 8.56. The van der Waals surface area contributed by atoms with Gasteiger partial charge in [-0.1, -0.05) is 24.3 Å². The highest BCUT2D eigenvalue weighted by atomic mass is 16.5. The number of likely N-dealkylation sites (tertiary alicyclic amines) is 1. The van der Waals surface area contributed by atoms with Crippen LogP contribution >= 0.6 is 0 Å². The molecule has 5 heteroatoms. The number of aryl methyl sites for hydroxylation is 1. The minimum atomic E-state index is 0.697. The summed E-state index contributed by atoms with van der Waals surface area (Å²) < 4.78 is 5.36. The van der Waals surface area contributed by atoms with E-state index in [4.69, 9.17) is 4.74 Å². The first kappa shape index (κ1) is 19.6. The molecule has 1 aliphatic heterocycles. The molecule has 1 unspecified atom stereocenters. The van der Waals surface area contributed by atoms with Crippen molar-refractivity contribution >= 4 is 0 Å². The van der Waals surface area contributed by atoms with Gasteiger partial charge in [0.2, 0.25) is 0 Å². The van der Waals surface area contributed by atoms with Gasteiger partial charge in [0.15, 0.2) is 0 Å². The van der Waals surface area contributed by atoms with Crippen LogP contribution in [0.3, 0.4) is 0 Å². The fraction of sp³-hybridized carbons (Fsp3) is 0.609. The van der Waals surface area contributed by atoms with Crippen molar-refractivity contribution in [1.82, 2.24) is 19.8 Å². The van der Waals surface area contributed by atoms with E-state index in [0.29, 0.717) is 6.04 Å². The number of H-pyrrole nitrogens is 1. The van der Waals surface area contributed by atoms with Gasteiger partial charge < -0.3 is 9.72 Å². The van der Waals surface area contributed by atoms with Crippen LogP contribution in [0.5, 0.6) is 0 Å². The van der Waals surface area contributed by atoms with Crippen LogP contribution in [0.1, 0.15) is 35.5 Å². The first-order valence-electron chi connectivity index (χ1n) is 10.7. The summed E-state index contributed by atoms with van der Waals surface area (Å²) in [5.74, 6) is 1.73. The number of rotatable bonds is 8. The number of nitrogens with zero attached hydrogens (tertiary/aromatic N) is 3. The van der Waals surface area contributed by atoms with Crippen molar-refractivity contribution in [3.63, 3.8) is 0 Å². The Morgan fingerprint density at radius 1 is 1.25 bits per heavy atom. The molecular formula is C23H34N4O. The maximum atomic E-state index is 5.36. The Bertz CT molecular complexity index is 734. The van der Waals surface area contributed by atoms with Crippen LogP contribution in [-0.4, -0.2) is 65.7 Å². The molecule has 28 heavy (non-hydrogen) atoms. The third-order valence-electron chi connectivity index (χ3n) is 6.37. The highest BCUT2D eigenvalue weighted by molar-refractivity contribution is 5.33. The molecule has 0 radical (unpaired) electrons. The van der Waals surface area contributed by atoms with Crippen molar-refractivity contribution < 1.29 is 4.74 Å². The van der Waals surface area contributed by atoms with E-state index in [1.807, 2.05) is 13.1 Å². The van der Waals surface area contributed by atoms with Crippen molar-refractivity contribution in [2.24, 2.45) is 5.92 Å². The highest BCUT2D eigenvalue weighted by Gasteiger charge is 2.31. The van der Waals surface area contributed by atoms with Gasteiger partial charge >= 0.3 is 0 Å². The summed E-state index contributed by atoms with van der Waals surface area (Å²) in [5, 5.41) is 0. The zero-order valence-corrected chi connectivity index (χ0v) is 17.4. The van der Waals surface area contributed by atoms with E-state index in [1.54, 1.807) is 18.2 Å². The van der Waals surface area contributed by atoms with E-state index in [9.17, 15) is 0 Å². The molecule has 1 fully saturated rings. The SMILES string of the molecule is COCCN(Cc1cnc(C)[nH]1)CC1CCCN(C2Cc3ccccc3C2)C1. The fourth-order valence-electron chi connectivity index (χ4n) is 4.99. The summed E-state index contributed by atoms with van der Waals surface area (Å²) in [6.45, 7) is 8.31. The average Bonchev–Trinajstić information content (AvgIpc) is 3.32. The molecule has 1 N–H and O–H groups in total. The second-order valence-corrected chi connectivity index (χ2v) is 8.56. The largest absolute Gasteiger partial charge is 0.383 e. The van der Waals surface area contributed by atoms with Crippen LogP contribution in [0, 0.1) is 12.8 Å². The number of aromatic amines is 1. The Labute approximate surface area is 169 Å². The van der Waals surface area contributed by atoms with Crippen LogP contribution in [0.25, 0.3) is 0 Å². The maximum Gasteiger partial charge on any atom is 0.103 e. The number of fused-ring (bicyclic) bond motifs is 1. The standard InChI is InChI=1S/C23H34N4O/c1-18-24-14-22(25-18)17-26(10-11-28-2)15-19-6-5-9-27(16-19)23-12-20-7-3-4-8-21(20)13-23/h3-4,7-8,14,19,23H,5-6,9-13,15-17H2,1-2H3,(H,24,25). The Morgan fingerprint density at radius 3 is 2.71 bits per heavy atom. The number of nitrogens with one attached hydrogen (secondary N) is 1.